The van der Waals surface area contributed by atoms with E-state index in [9.17, 15) is 14.7 Å². The maximum absolute atomic E-state index is 11.6. The Morgan fingerprint density at radius 3 is 2.71 bits per heavy atom. The molecule has 112 valence electrons. The molecule has 2 atom stereocenters. The summed E-state index contributed by atoms with van der Waals surface area (Å²) < 4.78 is 0. The van der Waals surface area contributed by atoms with E-state index in [1.807, 2.05) is 19.1 Å². The van der Waals surface area contributed by atoms with Crippen LogP contribution in [0.1, 0.15) is 32.3 Å². The van der Waals surface area contributed by atoms with Crippen LogP contribution in [0, 0.1) is 5.92 Å². The third-order valence-electron chi connectivity index (χ3n) is 3.40. The van der Waals surface area contributed by atoms with E-state index in [0.29, 0.717) is 18.5 Å². The summed E-state index contributed by atoms with van der Waals surface area (Å²) in [5.74, 6) is -0.439. The number of nitrogens with zero attached hydrogens (tertiary/aromatic N) is 1. The van der Waals surface area contributed by atoms with Crippen molar-refractivity contribution in [2.75, 3.05) is 5.32 Å². The lowest BCUT2D eigenvalue weighted by molar-refractivity contribution is -0.124. The van der Waals surface area contributed by atoms with Gasteiger partial charge in [0, 0.05) is 18.0 Å². The van der Waals surface area contributed by atoms with Crippen LogP contribution >= 0.6 is 0 Å². The van der Waals surface area contributed by atoms with Crippen molar-refractivity contribution in [3.05, 3.63) is 29.8 Å². The van der Waals surface area contributed by atoms with Gasteiger partial charge in [0.2, 0.25) is 5.91 Å². The monoisotopic (exact) mass is 289 g/mol. The highest BCUT2D eigenvalue weighted by atomic mass is 16.3. The fraction of sp³-hybridized carbons (Fsp3) is 0.400. The Bertz CT molecular complexity index is 566. The minimum atomic E-state index is -0.998. The lowest BCUT2D eigenvalue weighted by Gasteiger charge is -2.19. The van der Waals surface area contributed by atoms with E-state index < -0.39 is 12.0 Å². The van der Waals surface area contributed by atoms with Gasteiger partial charge in [0.05, 0.1) is 5.71 Å². The van der Waals surface area contributed by atoms with Crippen LogP contribution in [0.15, 0.2) is 29.4 Å². The van der Waals surface area contributed by atoms with Crippen LogP contribution in [0.25, 0.3) is 0 Å². The normalized spacial score (nSPS) is 19.5. The number of hydrogen-bond acceptors (Lipinski definition) is 4. The van der Waals surface area contributed by atoms with Crippen molar-refractivity contribution in [3.63, 3.8) is 0 Å². The zero-order valence-corrected chi connectivity index (χ0v) is 12.1. The molecule has 0 fully saturated rings. The average molecular weight is 289 g/mol. The van der Waals surface area contributed by atoms with Crippen LogP contribution < -0.4 is 10.7 Å². The van der Waals surface area contributed by atoms with Gasteiger partial charge >= 0.3 is 0 Å². The number of aliphatic hydroxyl groups is 1. The summed E-state index contributed by atoms with van der Waals surface area (Å²) in [5.41, 5.74) is 4.81. The summed E-state index contributed by atoms with van der Waals surface area (Å²) in [6, 6.07) is 7.17. The molecule has 1 aliphatic rings. The van der Waals surface area contributed by atoms with Crippen LogP contribution in [0.2, 0.25) is 0 Å². The molecule has 1 aliphatic heterocycles. The van der Waals surface area contributed by atoms with Gasteiger partial charge in [0.1, 0.15) is 6.10 Å². The molecule has 0 saturated heterocycles. The molecule has 3 N–H and O–H groups in total. The molecule has 2 rings (SSSR count). The number of rotatable bonds is 4. The van der Waals surface area contributed by atoms with Gasteiger partial charge in [-0.2, -0.15) is 5.10 Å². The Balaban J connectivity index is 2.09. The lowest BCUT2D eigenvalue weighted by Crippen LogP contribution is -2.32. The summed E-state index contributed by atoms with van der Waals surface area (Å²) in [4.78, 5) is 22.8. The molecule has 6 heteroatoms. The van der Waals surface area contributed by atoms with Crippen molar-refractivity contribution in [2.24, 2.45) is 11.0 Å². The molecule has 1 aromatic carbocycles. The first-order valence-corrected chi connectivity index (χ1v) is 6.97. The number of amides is 2. The first kappa shape index (κ1) is 15.2. The predicted octanol–water partition coefficient (Wildman–Crippen LogP) is 1.26. The van der Waals surface area contributed by atoms with Gasteiger partial charge < -0.3 is 10.4 Å². The maximum Gasteiger partial charge on any atom is 0.253 e. The average Bonchev–Trinajstić information content (AvgIpc) is 2.47. The summed E-state index contributed by atoms with van der Waals surface area (Å²) in [6.45, 7) is 3.69. The second-order valence-electron chi connectivity index (χ2n) is 5.13. The third kappa shape index (κ3) is 3.66. The SMILES string of the molecule is CCC(O)C(=O)Nc1ccc(C2=NNC(=O)CC2C)cc1. The van der Waals surface area contributed by atoms with E-state index in [1.54, 1.807) is 19.1 Å². The quantitative estimate of drug-likeness (QED) is 0.779. The van der Waals surface area contributed by atoms with E-state index in [4.69, 9.17) is 0 Å². The predicted molar refractivity (Wildman–Crippen MR) is 79.8 cm³/mol. The van der Waals surface area contributed by atoms with Crippen molar-refractivity contribution < 1.29 is 14.7 Å². The number of carbonyl (C=O) groups excluding carboxylic acids is 2. The number of hydrogen-bond donors (Lipinski definition) is 3. The molecule has 6 nitrogen and oxygen atoms in total. The van der Waals surface area contributed by atoms with Crippen LogP contribution in [0.3, 0.4) is 0 Å². The summed E-state index contributed by atoms with van der Waals surface area (Å²) in [7, 11) is 0. The largest absolute Gasteiger partial charge is 0.383 e. The Kier molecular flexibility index (Phi) is 4.70. The Hall–Kier alpha value is -2.21. The number of anilines is 1. The molecule has 0 saturated carbocycles. The van der Waals surface area contributed by atoms with E-state index in [-0.39, 0.29) is 11.8 Å². The second kappa shape index (κ2) is 6.49. The van der Waals surface area contributed by atoms with E-state index in [2.05, 4.69) is 15.8 Å². The third-order valence-corrected chi connectivity index (χ3v) is 3.40. The zero-order valence-electron chi connectivity index (χ0n) is 12.1. The Labute approximate surface area is 123 Å². The van der Waals surface area contributed by atoms with Gasteiger partial charge in [0.15, 0.2) is 0 Å². The first-order valence-electron chi connectivity index (χ1n) is 6.97. The molecule has 0 bridgehead atoms. The minimum absolute atomic E-state index is 0.0566. The fourth-order valence-electron chi connectivity index (χ4n) is 2.14. The Morgan fingerprint density at radius 1 is 1.48 bits per heavy atom. The van der Waals surface area contributed by atoms with E-state index in [0.717, 1.165) is 11.3 Å². The Morgan fingerprint density at radius 2 is 2.14 bits per heavy atom. The highest BCUT2D eigenvalue weighted by Gasteiger charge is 2.21. The molecule has 21 heavy (non-hydrogen) atoms. The molecule has 1 aromatic rings. The number of hydrazone groups is 1. The summed E-state index contributed by atoms with van der Waals surface area (Å²) in [5, 5.41) is 16.2. The molecule has 2 amide bonds. The van der Waals surface area contributed by atoms with Crippen molar-refractivity contribution in [3.8, 4) is 0 Å². The highest BCUT2D eigenvalue weighted by molar-refractivity contribution is 6.06. The van der Waals surface area contributed by atoms with Gasteiger partial charge in [-0.25, -0.2) is 5.43 Å². The molecular weight excluding hydrogens is 270 g/mol. The van der Waals surface area contributed by atoms with Gasteiger partial charge in [-0.3, -0.25) is 9.59 Å². The van der Waals surface area contributed by atoms with Gasteiger partial charge in [-0.05, 0) is 24.1 Å². The fourth-order valence-corrected chi connectivity index (χ4v) is 2.14. The molecule has 0 spiro atoms. The highest BCUT2D eigenvalue weighted by Crippen LogP contribution is 2.18. The molecule has 2 unspecified atom stereocenters. The zero-order chi connectivity index (χ0) is 15.4. The van der Waals surface area contributed by atoms with Crippen LogP contribution in [-0.2, 0) is 9.59 Å². The molecule has 0 aromatic heterocycles. The van der Waals surface area contributed by atoms with Crippen LogP contribution in [-0.4, -0.2) is 28.7 Å². The van der Waals surface area contributed by atoms with E-state index in [1.165, 1.54) is 0 Å². The molecule has 0 radical (unpaired) electrons. The minimum Gasteiger partial charge on any atom is -0.383 e. The summed E-state index contributed by atoms with van der Waals surface area (Å²) in [6.07, 6.45) is -0.208. The van der Waals surface area contributed by atoms with Crippen LogP contribution in [0.4, 0.5) is 5.69 Å². The number of benzene rings is 1. The van der Waals surface area contributed by atoms with E-state index >= 15 is 0 Å². The number of nitrogens with one attached hydrogen (secondary N) is 2. The van der Waals surface area contributed by atoms with Crippen molar-refractivity contribution in [1.29, 1.82) is 0 Å². The topological polar surface area (TPSA) is 90.8 Å². The molecule has 0 aliphatic carbocycles. The van der Waals surface area contributed by atoms with Gasteiger partial charge in [-0.1, -0.05) is 26.0 Å². The second-order valence-corrected chi connectivity index (χ2v) is 5.13. The smallest absolute Gasteiger partial charge is 0.253 e. The van der Waals surface area contributed by atoms with Gasteiger partial charge in [0.25, 0.3) is 5.91 Å². The maximum atomic E-state index is 11.6. The number of aliphatic hydroxyl groups excluding tert-OH is 1. The van der Waals surface area contributed by atoms with Crippen LogP contribution in [0.5, 0.6) is 0 Å². The molecule has 1 heterocycles. The summed E-state index contributed by atoms with van der Waals surface area (Å²) >= 11 is 0. The van der Waals surface area contributed by atoms with Gasteiger partial charge in [-0.15, -0.1) is 0 Å². The first-order chi connectivity index (χ1) is 10.0. The number of carbonyl (C=O) groups is 2. The molecular formula is C15H19N3O3. The standard InChI is InChI=1S/C15H19N3O3/c1-3-12(19)15(21)16-11-6-4-10(5-7-11)14-9(2)8-13(20)17-18-14/h4-7,9,12,19H,3,8H2,1-2H3,(H,16,21)(H,17,20). The van der Waals surface area contributed by atoms with Crippen molar-refractivity contribution >= 4 is 23.2 Å². The van der Waals surface area contributed by atoms with Crippen molar-refractivity contribution in [1.82, 2.24) is 5.43 Å². The lowest BCUT2D eigenvalue weighted by atomic mass is 9.94. The van der Waals surface area contributed by atoms with Crippen molar-refractivity contribution in [2.45, 2.75) is 32.8 Å².